The fourth-order valence-corrected chi connectivity index (χ4v) is 3.44. The van der Waals surface area contributed by atoms with E-state index in [0.29, 0.717) is 5.95 Å². The Hall–Kier alpha value is -1.47. The highest BCUT2D eigenvalue weighted by molar-refractivity contribution is 9.10. The summed E-state index contributed by atoms with van der Waals surface area (Å²) in [6, 6.07) is 2.03. The van der Waals surface area contributed by atoms with Crippen molar-refractivity contribution >= 4 is 21.7 Å². The number of nitrogens with zero attached hydrogens (tertiary/aromatic N) is 5. The van der Waals surface area contributed by atoms with Crippen molar-refractivity contribution in [2.24, 2.45) is 0 Å². The van der Waals surface area contributed by atoms with Crippen LogP contribution < -0.4 is 4.90 Å². The smallest absolute Gasteiger partial charge is 0.253 e. The molecule has 2 atom stereocenters. The van der Waals surface area contributed by atoms with Gasteiger partial charge in [-0.15, -0.1) is 0 Å². The van der Waals surface area contributed by atoms with E-state index in [1.165, 1.54) is 0 Å². The van der Waals surface area contributed by atoms with Gasteiger partial charge in [-0.05, 0) is 56.6 Å². The molecule has 7 heteroatoms. The molecule has 6 nitrogen and oxygen atoms in total. The highest BCUT2D eigenvalue weighted by Gasteiger charge is 2.26. The van der Waals surface area contributed by atoms with Crippen LogP contribution in [0, 0.1) is 20.8 Å². The van der Waals surface area contributed by atoms with Gasteiger partial charge in [0.25, 0.3) is 5.95 Å². The molecule has 124 valence electrons. The van der Waals surface area contributed by atoms with E-state index in [-0.39, 0.29) is 12.2 Å². The van der Waals surface area contributed by atoms with Crippen molar-refractivity contribution in [2.45, 2.75) is 46.8 Å². The van der Waals surface area contributed by atoms with Crippen molar-refractivity contribution in [3.05, 3.63) is 27.6 Å². The maximum atomic E-state index is 5.83. The minimum atomic E-state index is 0.179. The lowest BCUT2D eigenvalue weighted by atomic mass is 10.2. The van der Waals surface area contributed by atoms with Gasteiger partial charge in [-0.1, -0.05) is 0 Å². The maximum Gasteiger partial charge on any atom is 0.253 e. The van der Waals surface area contributed by atoms with Crippen molar-refractivity contribution in [3.63, 3.8) is 0 Å². The second kappa shape index (κ2) is 6.20. The second-order valence-corrected chi connectivity index (χ2v) is 7.04. The van der Waals surface area contributed by atoms with E-state index in [1.807, 2.05) is 26.8 Å². The van der Waals surface area contributed by atoms with E-state index in [2.05, 4.69) is 44.8 Å². The number of hydrogen-bond donors (Lipinski definition) is 0. The third-order valence-electron chi connectivity index (χ3n) is 3.91. The molecule has 0 N–H and O–H groups in total. The monoisotopic (exact) mass is 379 g/mol. The summed E-state index contributed by atoms with van der Waals surface area (Å²) in [5.41, 5.74) is 2.89. The van der Waals surface area contributed by atoms with E-state index in [1.54, 1.807) is 4.68 Å². The van der Waals surface area contributed by atoms with Gasteiger partial charge in [0, 0.05) is 18.8 Å². The third-order valence-corrected chi connectivity index (χ3v) is 4.83. The summed E-state index contributed by atoms with van der Waals surface area (Å²) in [6.45, 7) is 11.8. The quantitative estimate of drug-likeness (QED) is 0.802. The molecule has 0 bridgehead atoms. The number of ether oxygens (including phenoxy) is 1. The number of aryl methyl sites for hydroxylation is 3. The van der Waals surface area contributed by atoms with Crippen molar-refractivity contribution in [2.75, 3.05) is 18.0 Å². The number of morpholine rings is 1. The van der Waals surface area contributed by atoms with Crippen LogP contribution >= 0.6 is 15.9 Å². The van der Waals surface area contributed by atoms with Crippen molar-refractivity contribution in [1.82, 2.24) is 19.7 Å². The zero-order valence-electron chi connectivity index (χ0n) is 14.2. The minimum Gasteiger partial charge on any atom is -0.372 e. The topological polar surface area (TPSA) is 56.1 Å². The molecule has 3 rings (SSSR count). The Morgan fingerprint density at radius 2 is 1.78 bits per heavy atom. The zero-order chi connectivity index (χ0) is 16.7. The molecular weight excluding hydrogens is 358 g/mol. The Labute approximate surface area is 145 Å². The van der Waals surface area contributed by atoms with Crippen LogP contribution in [0.3, 0.4) is 0 Å². The number of rotatable bonds is 2. The van der Waals surface area contributed by atoms with Crippen LogP contribution in [0.15, 0.2) is 10.5 Å². The molecule has 3 heterocycles. The van der Waals surface area contributed by atoms with Crippen LogP contribution in [0.1, 0.15) is 30.9 Å². The normalized spacial score (nSPS) is 21.7. The van der Waals surface area contributed by atoms with E-state index < -0.39 is 0 Å². The lowest BCUT2D eigenvalue weighted by molar-refractivity contribution is -0.00551. The molecule has 0 aliphatic carbocycles. The largest absolute Gasteiger partial charge is 0.372 e. The van der Waals surface area contributed by atoms with Crippen molar-refractivity contribution < 1.29 is 4.74 Å². The van der Waals surface area contributed by atoms with Crippen molar-refractivity contribution in [1.29, 1.82) is 0 Å². The molecule has 0 spiro atoms. The number of hydrogen-bond acceptors (Lipinski definition) is 5. The molecule has 1 saturated heterocycles. The zero-order valence-corrected chi connectivity index (χ0v) is 15.8. The Kier molecular flexibility index (Phi) is 4.42. The lowest BCUT2D eigenvalue weighted by Gasteiger charge is -2.36. The number of aromatic nitrogens is 4. The van der Waals surface area contributed by atoms with Gasteiger partial charge in [0.05, 0.1) is 28.1 Å². The summed E-state index contributed by atoms with van der Waals surface area (Å²) >= 11 is 3.65. The Morgan fingerprint density at radius 1 is 1.13 bits per heavy atom. The predicted molar refractivity (Wildman–Crippen MR) is 93.3 cm³/mol. The average Bonchev–Trinajstić information content (AvgIpc) is 2.79. The molecule has 0 saturated carbocycles. The van der Waals surface area contributed by atoms with E-state index in [4.69, 9.17) is 9.72 Å². The number of anilines is 1. The SMILES string of the molecule is Cc1cc(C)n(-c2nc(C)c(Br)c(N3CC(C)OC(C)C3)n2)n1. The van der Waals surface area contributed by atoms with Crippen LogP contribution in [0.25, 0.3) is 5.95 Å². The highest BCUT2D eigenvalue weighted by Crippen LogP contribution is 2.29. The first kappa shape index (κ1) is 16.4. The fourth-order valence-electron chi connectivity index (χ4n) is 3.02. The average molecular weight is 380 g/mol. The highest BCUT2D eigenvalue weighted by atomic mass is 79.9. The van der Waals surface area contributed by atoms with E-state index in [0.717, 1.165) is 40.5 Å². The first-order valence-electron chi connectivity index (χ1n) is 7.83. The van der Waals surface area contributed by atoms with Gasteiger partial charge in [-0.2, -0.15) is 10.1 Å². The standard InChI is InChI=1S/C16H22BrN5O/c1-9-6-10(2)22(20-9)16-18-13(5)14(17)15(19-16)21-7-11(3)23-12(4)8-21/h6,11-12H,7-8H2,1-5H3. The molecule has 1 fully saturated rings. The van der Waals surface area contributed by atoms with Gasteiger partial charge in [0.2, 0.25) is 0 Å². The van der Waals surface area contributed by atoms with Crippen molar-refractivity contribution in [3.8, 4) is 5.95 Å². The Morgan fingerprint density at radius 3 is 2.35 bits per heavy atom. The molecule has 1 aliphatic heterocycles. The summed E-state index contributed by atoms with van der Waals surface area (Å²) < 4.78 is 8.56. The summed E-state index contributed by atoms with van der Waals surface area (Å²) in [6.07, 6.45) is 0.358. The molecule has 0 amide bonds. The number of halogens is 1. The van der Waals surface area contributed by atoms with Gasteiger partial charge >= 0.3 is 0 Å². The minimum absolute atomic E-state index is 0.179. The molecule has 2 unspecified atom stereocenters. The van der Waals surface area contributed by atoms with E-state index >= 15 is 0 Å². The van der Waals surface area contributed by atoms with Crippen LogP contribution in [-0.2, 0) is 4.74 Å². The van der Waals surface area contributed by atoms with Gasteiger partial charge in [-0.25, -0.2) is 9.67 Å². The summed E-state index contributed by atoms with van der Waals surface area (Å²) in [5.74, 6) is 1.51. The van der Waals surface area contributed by atoms with Gasteiger partial charge in [0.15, 0.2) is 0 Å². The van der Waals surface area contributed by atoms with Crippen LogP contribution in [0.2, 0.25) is 0 Å². The summed E-state index contributed by atoms with van der Waals surface area (Å²) in [5, 5.41) is 4.50. The summed E-state index contributed by atoms with van der Waals surface area (Å²) in [7, 11) is 0. The third kappa shape index (κ3) is 3.26. The first-order valence-corrected chi connectivity index (χ1v) is 8.62. The Balaban J connectivity index is 2.05. The van der Waals surface area contributed by atoms with Gasteiger partial charge < -0.3 is 9.64 Å². The molecule has 0 aromatic carbocycles. The van der Waals surface area contributed by atoms with Crippen LogP contribution in [-0.4, -0.2) is 45.0 Å². The fraction of sp³-hybridized carbons (Fsp3) is 0.562. The predicted octanol–water partition coefficient (Wildman–Crippen LogP) is 2.96. The van der Waals surface area contributed by atoms with Gasteiger partial charge in [0.1, 0.15) is 5.82 Å². The molecule has 1 aliphatic rings. The molecule has 2 aromatic rings. The summed E-state index contributed by atoms with van der Waals surface area (Å²) in [4.78, 5) is 11.6. The lowest BCUT2D eigenvalue weighted by Crippen LogP contribution is -2.46. The first-order chi connectivity index (χ1) is 10.8. The molecule has 23 heavy (non-hydrogen) atoms. The van der Waals surface area contributed by atoms with Crippen LogP contribution in [0.5, 0.6) is 0 Å². The molecule has 0 radical (unpaired) electrons. The van der Waals surface area contributed by atoms with Gasteiger partial charge in [-0.3, -0.25) is 0 Å². The molecular formula is C16H22BrN5O. The maximum absolute atomic E-state index is 5.83. The van der Waals surface area contributed by atoms with Crippen LogP contribution in [0.4, 0.5) is 5.82 Å². The second-order valence-electron chi connectivity index (χ2n) is 6.25. The Bertz CT molecular complexity index is 720. The van der Waals surface area contributed by atoms with E-state index in [9.17, 15) is 0 Å². The molecule has 2 aromatic heterocycles.